The maximum absolute atomic E-state index is 12.6. The zero-order valence-electron chi connectivity index (χ0n) is 11.6. The Morgan fingerprint density at radius 2 is 1.95 bits per heavy atom. The Morgan fingerprint density at radius 3 is 2.52 bits per heavy atom. The monoisotopic (exact) mass is 302 g/mol. The molecule has 1 aromatic carbocycles. The SMILES string of the molecule is CNc1ccc(S(=O)(=O)N(C)c2ccccc2C#N)cn1. The molecule has 0 amide bonds. The van der Waals surface area contributed by atoms with Crippen molar-refractivity contribution in [3.05, 3.63) is 48.2 Å². The topological polar surface area (TPSA) is 86.1 Å². The summed E-state index contributed by atoms with van der Waals surface area (Å²) in [5.41, 5.74) is 0.626. The number of hydrogen-bond acceptors (Lipinski definition) is 5. The summed E-state index contributed by atoms with van der Waals surface area (Å²) in [6, 6.07) is 11.6. The molecule has 7 heteroatoms. The van der Waals surface area contributed by atoms with Gasteiger partial charge in [0.15, 0.2) is 0 Å². The largest absolute Gasteiger partial charge is 0.373 e. The standard InChI is InChI=1S/C14H14N4O2S/c1-16-14-8-7-12(10-17-14)21(19,20)18(2)13-6-4-3-5-11(13)9-15/h3-8,10H,1-2H3,(H,16,17). The number of hydrogen-bond donors (Lipinski definition) is 1. The summed E-state index contributed by atoms with van der Waals surface area (Å²) in [5, 5.41) is 11.9. The first-order valence-electron chi connectivity index (χ1n) is 6.12. The maximum Gasteiger partial charge on any atom is 0.265 e. The van der Waals surface area contributed by atoms with E-state index >= 15 is 0 Å². The van der Waals surface area contributed by atoms with Crippen molar-refractivity contribution in [2.75, 3.05) is 23.7 Å². The van der Waals surface area contributed by atoms with Crippen molar-refractivity contribution >= 4 is 21.5 Å². The van der Waals surface area contributed by atoms with Crippen molar-refractivity contribution in [1.82, 2.24) is 4.98 Å². The zero-order valence-corrected chi connectivity index (χ0v) is 12.4. The molecule has 21 heavy (non-hydrogen) atoms. The van der Waals surface area contributed by atoms with E-state index in [1.807, 2.05) is 6.07 Å². The van der Waals surface area contributed by atoms with Gasteiger partial charge >= 0.3 is 0 Å². The highest BCUT2D eigenvalue weighted by molar-refractivity contribution is 7.92. The predicted octanol–water partition coefficient (Wildman–Crippen LogP) is 1.82. The summed E-state index contributed by atoms with van der Waals surface area (Å²) in [7, 11) is -0.643. The van der Waals surface area contributed by atoms with Gasteiger partial charge in [0, 0.05) is 20.3 Å². The van der Waals surface area contributed by atoms with E-state index in [4.69, 9.17) is 5.26 Å². The van der Waals surface area contributed by atoms with E-state index in [0.717, 1.165) is 4.31 Å². The fraction of sp³-hybridized carbons (Fsp3) is 0.143. The molecule has 1 N–H and O–H groups in total. The van der Waals surface area contributed by atoms with Crippen LogP contribution in [0.2, 0.25) is 0 Å². The summed E-state index contributed by atoms with van der Waals surface area (Å²) in [6.45, 7) is 0. The first-order chi connectivity index (χ1) is 10.0. The molecule has 0 aliphatic carbocycles. The molecule has 108 valence electrons. The van der Waals surface area contributed by atoms with Crippen LogP contribution in [0.3, 0.4) is 0 Å². The normalized spacial score (nSPS) is 10.7. The number of nitrogens with zero attached hydrogens (tertiary/aromatic N) is 3. The number of para-hydroxylation sites is 1. The lowest BCUT2D eigenvalue weighted by atomic mass is 10.2. The number of aromatic nitrogens is 1. The molecule has 2 rings (SSSR count). The van der Waals surface area contributed by atoms with Crippen molar-refractivity contribution in [2.24, 2.45) is 0 Å². The van der Waals surface area contributed by atoms with Gasteiger partial charge in [-0.25, -0.2) is 13.4 Å². The molecular weight excluding hydrogens is 288 g/mol. The van der Waals surface area contributed by atoms with Crippen LogP contribution in [0, 0.1) is 11.3 Å². The molecule has 0 saturated heterocycles. The quantitative estimate of drug-likeness (QED) is 0.931. The summed E-state index contributed by atoms with van der Waals surface area (Å²) in [4.78, 5) is 4.07. The first kappa shape index (κ1) is 14.8. The molecule has 2 aromatic rings. The molecule has 0 aliphatic rings. The Bertz CT molecular complexity index is 779. The van der Waals surface area contributed by atoms with Gasteiger partial charge in [0.2, 0.25) is 0 Å². The molecule has 6 nitrogen and oxygen atoms in total. The van der Waals surface area contributed by atoms with Gasteiger partial charge in [-0.1, -0.05) is 12.1 Å². The van der Waals surface area contributed by atoms with E-state index in [0.29, 0.717) is 17.1 Å². The third kappa shape index (κ3) is 2.80. The Balaban J connectivity index is 2.45. The average Bonchev–Trinajstić information content (AvgIpc) is 2.54. The number of nitrogens with one attached hydrogen (secondary N) is 1. The Hall–Kier alpha value is -2.59. The molecule has 0 saturated carbocycles. The Kier molecular flexibility index (Phi) is 4.10. The third-order valence-corrected chi connectivity index (χ3v) is 4.77. The fourth-order valence-electron chi connectivity index (χ4n) is 1.81. The lowest BCUT2D eigenvalue weighted by molar-refractivity contribution is 0.594. The Morgan fingerprint density at radius 1 is 1.24 bits per heavy atom. The van der Waals surface area contributed by atoms with E-state index in [1.54, 1.807) is 37.4 Å². The van der Waals surface area contributed by atoms with E-state index in [-0.39, 0.29) is 4.90 Å². The molecule has 0 unspecified atom stereocenters. The summed E-state index contributed by atoms with van der Waals surface area (Å²) < 4.78 is 26.2. The minimum absolute atomic E-state index is 0.0664. The first-order valence-corrected chi connectivity index (χ1v) is 7.56. The van der Waals surface area contributed by atoms with Crippen LogP contribution in [0.5, 0.6) is 0 Å². The summed E-state index contributed by atoms with van der Waals surface area (Å²) in [5.74, 6) is 0.578. The van der Waals surface area contributed by atoms with Gasteiger partial charge < -0.3 is 5.32 Å². The molecular formula is C14H14N4O2S. The predicted molar refractivity (Wildman–Crippen MR) is 80.5 cm³/mol. The third-order valence-electron chi connectivity index (χ3n) is 3.01. The molecule has 1 heterocycles. The second-order valence-corrected chi connectivity index (χ2v) is 6.20. The van der Waals surface area contributed by atoms with E-state index in [1.165, 1.54) is 19.3 Å². The fourth-order valence-corrected chi connectivity index (χ4v) is 2.97. The van der Waals surface area contributed by atoms with Gasteiger partial charge in [-0.3, -0.25) is 4.31 Å². The number of sulfonamides is 1. The van der Waals surface area contributed by atoms with Crippen LogP contribution in [0.25, 0.3) is 0 Å². The van der Waals surface area contributed by atoms with Crippen molar-refractivity contribution in [3.8, 4) is 6.07 Å². The van der Waals surface area contributed by atoms with Crippen LogP contribution < -0.4 is 9.62 Å². The maximum atomic E-state index is 12.6. The highest BCUT2D eigenvalue weighted by Crippen LogP contribution is 2.25. The molecule has 0 bridgehead atoms. The van der Waals surface area contributed by atoms with Crippen LogP contribution in [0.4, 0.5) is 11.5 Å². The lowest BCUT2D eigenvalue weighted by Crippen LogP contribution is -2.27. The van der Waals surface area contributed by atoms with E-state index in [9.17, 15) is 8.42 Å². The minimum atomic E-state index is -3.76. The van der Waals surface area contributed by atoms with Gasteiger partial charge in [0.25, 0.3) is 10.0 Å². The van der Waals surface area contributed by atoms with Gasteiger partial charge in [-0.05, 0) is 24.3 Å². The molecule has 0 aliphatic heterocycles. The van der Waals surface area contributed by atoms with Gasteiger partial charge in [0.05, 0.1) is 11.3 Å². The van der Waals surface area contributed by atoms with Crippen molar-refractivity contribution in [2.45, 2.75) is 4.90 Å². The highest BCUT2D eigenvalue weighted by Gasteiger charge is 2.23. The number of anilines is 2. The number of nitriles is 1. The molecule has 0 spiro atoms. The summed E-state index contributed by atoms with van der Waals surface area (Å²) in [6.07, 6.45) is 1.28. The van der Waals surface area contributed by atoms with Crippen LogP contribution in [-0.2, 0) is 10.0 Å². The van der Waals surface area contributed by atoms with E-state index < -0.39 is 10.0 Å². The highest BCUT2D eigenvalue weighted by atomic mass is 32.2. The van der Waals surface area contributed by atoms with Crippen LogP contribution >= 0.6 is 0 Å². The van der Waals surface area contributed by atoms with Crippen molar-refractivity contribution < 1.29 is 8.42 Å². The van der Waals surface area contributed by atoms with Crippen molar-refractivity contribution in [3.63, 3.8) is 0 Å². The molecule has 1 aromatic heterocycles. The van der Waals surface area contributed by atoms with Gasteiger partial charge in [0.1, 0.15) is 16.8 Å². The molecule has 0 atom stereocenters. The second kappa shape index (κ2) is 5.81. The van der Waals surface area contributed by atoms with Gasteiger partial charge in [-0.2, -0.15) is 5.26 Å². The van der Waals surface area contributed by atoms with Gasteiger partial charge in [-0.15, -0.1) is 0 Å². The minimum Gasteiger partial charge on any atom is -0.373 e. The lowest BCUT2D eigenvalue weighted by Gasteiger charge is -2.20. The average molecular weight is 302 g/mol. The molecule has 0 radical (unpaired) electrons. The zero-order chi connectivity index (χ0) is 15.5. The van der Waals surface area contributed by atoms with Crippen LogP contribution in [-0.4, -0.2) is 27.5 Å². The van der Waals surface area contributed by atoms with Crippen molar-refractivity contribution in [1.29, 1.82) is 5.26 Å². The second-order valence-electron chi connectivity index (χ2n) is 4.23. The van der Waals surface area contributed by atoms with Crippen LogP contribution in [0.15, 0.2) is 47.5 Å². The Labute approximate surface area is 123 Å². The number of rotatable bonds is 4. The molecule has 0 fully saturated rings. The summed E-state index contributed by atoms with van der Waals surface area (Å²) >= 11 is 0. The number of pyridine rings is 1. The van der Waals surface area contributed by atoms with E-state index in [2.05, 4.69) is 10.3 Å². The van der Waals surface area contributed by atoms with Crippen LogP contribution in [0.1, 0.15) is 5.56 Å². The smallest absolute Gasteiger partial charge is 0.265 e. The number of benzene rings is 1.